The lowest BCUT2D eigenvalue weighted by Gasteiger charge is -2.17. The topological polar surface area (TPSA) is 56.3 Å². The van der Waals surface area contributed by atoms with Crippen molar-refractivity contribution in [3.63, 3.8) is 0 Å². The van der Waals surface area contributed by atoms with E-state index < -0.39 is 11.9 Å². The van der Waals surface area contributed by atoms with Gasteiger partial charge >= 0.3 is 11.9 Å². The van der Waals surface area contributed by atoms with Gasteiger partial charge < -0.3 is 4.74 Å². The molecule has 4 nitrogen and oxygen atoms in total. The lowest BCUT2D eigenvalue weighted by atomic mass is 9.97. The number of ether oxygens (including phenoxy) is 1. The van der Waals surface area contributed by atoms with Crippen LogP contribution in [0.2, 0.25) is 0 Å². The van der Waals surface area contributed by atoms with Crippen molar-refractivity contribution in [1.29, 1.82) is 0 Å². The van der Waals surface area contributed by atoms with Gasteiger partial charge in [0.25, 0.3) is 0 Å². The summed E-state index contributed by atoms with van der Waals surface area (Å²) in [5, 5.41) is 1.86. The summed E-state index contributed by atoms with van der Waals surface area (Å²) in [5.74, 6) is -0.983. The first-order valence-corrected chi connectivity index (χ1v) is 4.81. The Labute approximate surface area is 78.5 Å². The Morgan fingerprint density at radius 1 is 1.38 bits per heavy atom. The number of rotatable bonds is 1. The zero-order chi connectivity index (χ0) is 9.26. The Hall–Kier alpha value is -1.23. The van der Waals surface area contributed by atoms with Crippen LogP contribution in [0.3, 0.4) is 0 Å². The van der Waals surface area contributed by atoms with Crippen LogP contribution < -0.4 is 0 Å². The highest BCUT2D eigenvalue weighted by Gasteiger charge is 2.29. The van der Waals surface area contributed by atoms with Gasteiger partial charge in [-0.3, -0.25) is 9.59 Å². The molecule has 2 rings (SSSR count). The van der Waals surface area contributed by atoms with Crippen molar-refractivity contribution < 1.29 is 14.3 Å². The van der Waals surface area contributed by atoms with Gasteiger partial charge in [-0.25, -0.2) is 4.98 Å². The summed E-state index contributed by atoms with van der Waals surface area (Å²) in [6.07, 6.45) is 0.519. The van der Waals surface area contributed by atoms with E-state index in [9.17, 15) is 9.59 Å². The Morgan fingerprint density at radius 3 is 2.62 bits per heavy atom. The monoisotopic (exact) mass is 197 g/mol. The van der Waals surface area contributed by atoms with Crippen LogP contribution in [0, 0.1) is 0 Å². The molecule has 1 aromatic heterocycles. The van der Waals surface area contributed by atoms with Crippen LogP contribution >= 0.6 is 11.3 Å². The van der Waals surface area contributed by atoms with Gasteiger partial charge in [0.2, 0.25) is 0 Å². The first kappa shape index (κ1) is 8.37. The van der Waals surface area contributed by atoms with Crippen molar-refractivity contribution in [2.45, 2.75) is 18.8 Å². The average Bonchev–Trinajstić information content (AvgIpc) is 2.53. The van der Waals surface area contributed by atoms with Crippen LogP contribution in [0.4, 0.5) is 0 Å². The molecule has 68 valence electrons. The molecule has 0 spiro atoms. The smallest absolute Gasteiger partial charge is 0.314 e. The van der Waals surface area contributed by atoms with Crippen molar-refractivity contribution >= 4 is 23.3 Å². The van der Waals surface area contributed by atoms with E-state index in [0.29, 0.717) is 0 Å². The second-order valence-corrected chi connectivity index (χ2v) is 3.58. The number of carbonyl (C=O) groups is 2. The summed E-state index contributed by atoms with van der Waals surface area (Å²) in [4.78, 5) is 25.9. The van der Waals surface area contributed by atoms with Crippen molar-refractivity contribution in [3.8, 4) is 0 Å². The zero-order valence-electron chi connectivity index (χ0n) is 6.73. The summed E-state index contributed by atoms with van der Waals surface area (Å²) in [5.41, 5.74) is 2.51. The summed E-state index contributed by atoms with van der Waals surface area (Å²) in [7, 11) is 0. The first-order chi connectivity index (χ1) is 6.25. The Morgan fingerprint density at radius 2 is 2.08 bits per heavy atom. The van der Waals surface area contributed by atoms with E-state index in [4.69, 9.17) is 0 Å². The summed E-state index contributed by atoms with van der Waals surface area (Å²) >= 11 is 1.46. The molecule has 2 heterocycles. The molecule has 0 N–H and O–H groups in total. The molecule has 0 bridgehead atoms. The standard InChI is InChI=1S/C8H7NO3S/c10-7-1-5(2-8(11)12-7)6-3-13-4-9-6/h3-5H,1-2H2. The summed E-state index contributed by atoms with van der Waals surface area (Å²) < 4.78 is 4.41. The molecule has 1 aliphatic rings. The molecular formula is C8H7NO3S. The minimum Gasteiger partial charge on any atom is -0.393 e. The van der Waals surface area contributed by atoms with Crippen LogP contribution in [0.15, 0.2) is 10.9 Å². The van der Waals surface area contributed by atoms with Crippen molar-refractivity contribution in [3.05, 3.63) is 16.6 Å². The molecule has 1 aromatic rings. The average molecular weight is 197 g/mol. The highest BCUT2D eigenvalue weighted by molar-refractivity contribution is 7.07. The van der Waals surface area contributed by atoms with Gasteiger partial charge in [-0.2, -0.15) is 0 Å². The van der Waals surface area contributed by atoms with E-state index in [1.807, 2.05) is 5.38 Å². The molecule has 0 atom stereocenters. The van der Waals surface area contributed by atoms with E-state index in [2.05, 4.69) is 9.72 Å². The SMILES string of the molecule is O=C1CC(c2cscn2)CC(=O)O1. The van der Waals surface area contributed by atoms with Gasteiger partial charge in [0.05, 0.1) is 24.0 Å². The van der Waals surface area contributed by atoms with Gasteiger partial charge in [0.15, 0.2) is 0 Å². The Kier molecular flexibility index (Phi) is 2.10. The number of cyclic esters (lactones) is 2. The third kappa shape index (κ3) is 1.75. The van der Waals surface area contributed by atoms with Gasteiger partial charge in [-0.05, 0) is 0 Å². The first-order valence-electron chi connectivity index (χ1n) is 3.87. The fourth-order valence-corrected chi connectivity index (χ4v) is 1.95. The maximum Gasteiger partial charge on any atom is 0.314 e. The fraction of sp³-hybridized carbons (Fsp3) is 0.375. The third-order valence-electron chi connectivity index (χ3n) is 1.92. The van der Waals surface area contributed by atoms with Gasteiger partial charge in [-0.1, -0.05) is 0 Å². The van der Waals surface area contributed by atoms with Crippen LogP contribution in [0.1, 0.15) is 24.5 Å². The zero-order valence-corrected chi connectivity index (χ0v) is 7.54. The maximum atomic E-state index is 10.9. The molecular weight excluding hydrogens is 190 g/mol. The van der Waals surface area contributed by atoms with Crippen molar-refractivity contribution in [1.82, 2.24) is 4.98 Å². The quantitative estimate of drug-likeness (QED) is 0.499. The normalized spacial score (nSPS) is 18.8. The molecule has 0 saturated carbocycles. The van der Waals surface area contributed by atoms with Crippen molar-refractivity contribution in [2.24, 2.45) is 0 Å². The number of carbonyl (C=O) groups excluding carboxylic acids is 2. The number of thiazole rings is 1. The Balaban J connectivity index is 2.16. The number of aromatic nitrogens is 1. The number of esters is 2. The van der Waals surface area contributed by atoms with Crippen LogP contribution in [0.5, 0.6) is 0 Å². The molecule has 1 saturated heterocycles. The van der Waals surface area contributed by atoms with E-state index in [1.54, 1.807) is 5.51 Å². The highest BCUT2D eigenvalue weighted by atomic mass is 32.1. The Bertz CT molecular complexity index is 317. The largest absolute Gasteiger partial charge is 0.393 e. The molecule has 1 aliphatic heterocycles. The van der Waals surface area contributed by atoms with Crippen LogP contribution in [-0.2, 0) is 14.3 Å². The molecule has 0 unspecified atom stereocenters. The van der Waals surface area contributed by atoms with Gasteiger partial charge in [0.1, 0.15) is 0 Å². The molecule has 0 aliphatic carbocycles. The minimum atomic E-state index is -0.450. The second kappa shape index (κ2) is 3.26. The number of nitrogens with zero attached hydrogens (tertiary/aromatic N) is 1. The number of hydrogen-bond acceptors (Lipinski definition) is 5. The molecule has 0 radical (unpaired) electrons. The fourth-order valence-electron chi connectivity index (χ4n) is 1.32. The van der Waals surface area contributed by atoms with Crippen LogP contribution in [-0.4, -0.2) is 16.9 Å². The molecule has 13 heavy (non-hydrogen) atoms. The van der Waals surface area contributed by atoms with E-state index >= 15 is 0 Å². The molecule has 0 aromatic carbocycles. The minimum absolute atomic E-state index is 0.0833. The predicted molar refractivity (Wildman–Crippen MR) is 45.2 cm³/mol. The summed E-state index contributed by atoms with van der Waals surface area (Å²) in [6, 6.07) is 0. The van der Waals surface area contributed by atoms with E-state index in [0.717, 1.165) is 5.69 Å². The summed E-state index contributed by atoms with van der Waals surface area (Å²) in [6.45, 7) is 0. The predicted octanol–water partition coefficient (Wildman–Crippen LogP) is 1.09. The molecule has 0 amide bonds. The van der Waals surface area contributed by atoms with E-state index in [1.165, 1.54) is 11.3 Å². The van der Waals surface area contributed by atoms with Gasteiger partial charge in [0, 0.05) is 11.3 Å². The van der Waals surface area contributed by atoms with Crippen LogP contribution in [0.25, 0.3) is 0 Å². The molecule has 5 heteroatoms. The number of hydrogen-bond donors (Lipinski definition) is 0. The molecule has 1 fully saturated rings. The second-order valence-electron chi connectivity index (χ2n) is 2.86. The lowest BCUT2D eigenvalue weighted by Crippen LogP contribution is -2.24. The lowest BCUT2D eigenvalue weighted by molar-refractivity contribution is -0.164. The van der Waals surface area contributed by atoms with E-state index in [-0.39, 0.29) is 18.8 Å². The van der Waals surface area contributed by atoms with Gasteiger partial charge in [-0.15, -0.1) is 11.3 Å². The highest BCUT2D eigenvalue weighted by Crippen LogP contribution is 2.27. The third-order valence-corrected chi connectivity index (χ3v) is 2.53. The van der Waals surface area contributed by atoms with Crippen molar-refractivity contribution in [2.75, 3.05) is 0 Å². The maximum absolute atomic E-state index is 10.9.